The van der Waals surface area contributed by atoms with E-state index in [2.05, 4.69) is 54.5 Å². The monoisotopic (exact) mass is 329 g/mol. The summed E-state index contributed by atoms with van der Waals surface area (Å²) in [5, 5.41) is 2.24. The lowest BCUT2D eigenvalue weighted by Crippen LogP contribution is -2.28. The van der Waals surface area contributed by atoms with Gasteiger partial charge in [-0.3, -0.25) is 4.90 Å². The lowest BCUT2D eigenvalue weighted by molar-refractivity contribution is 0.191. The average Bonchev–Trinajstić information content (AvgIpc) is 2.85. The minimum absolute atomic E-state index is 0.562. The van der Waals surface area contributed by atoms with Crippen molar-refractivity contribution in [2.24, 2.45) is 0 Å². The van der Waals surface area contributed by atoms with Gasteiger partial charge in [0.1, 0.15) is 5.75 Å². The molecule has 0 amide bonds. The van der Waals surface area contributed by atoms with Crippen LogP contribution in [-0.4, -0.2) is 18.1 Å². The summed E-state index contributed by atoms with van der Waals surface area (Å²) in [5.41, 5.74) is 2.76. The van der Waals surface area contributed by atoms with Crippen LogP contribution < -0.4 is 4.74 Å². The maximum absolute atomic E-state index is 5.84. The molecule has 0 saturated carbocycles. The molecule has 0 bridgehead atoms. The first-order chi connectivity index (χ1) is 11.3. The molecular weight excluding hydrogens is 302 g/mol. The molecule has 2 aromatic rings. The Bertz CT molecular complexity index is 622. The van der Waals surface area contributed by atoms with Crippen LogP contribution in [0.2, 0.25) is 0 Å². The van der Waals surface area contributed by atoms with Gasteiger partial charge in [0.15, 0.2) is 0 Å². The SMILES string of the molecule is CCOc1ccccc1CN1CCCCCC1c1sccc1C. The number of aryl methyl sites for hydroxylation is 1. The molecule has 3 heteroatoms. The molecule has 2 heterocycles. The van der Waals surface area contributed by atoms with Crippen molar-refractivity contribution in [3.8, 4) is 5.75 Å². The van der Waals surface area contributed by atoms with E-state index in [4.69, 9.17) is 4.74 Å². The number of para-hydroxylation sites is 1. The van der Waals surface area contributed by atoms with Crippen molar-refractivity contribution >= 4 is 11.3 Å². The molecule has 0 spiro atoms. The molecule has 1 aliphatic heterocycles. The molecule has 1 atom stereocenters. The fraction of sp³-hybridized carbons (Fsp3) is 0.500. The molecule has 1 fully saturated rings. The standard InChI is InChI=1S/C20H27NOS/c1-3-22-19-11-7-6-9-17(19)15-21-13-8-4-5-10-18(21)20-16(2)12-14-23-20/h6-7,9,11-12,14,18H,3-5,8,10,13,15H2,1-2H3. The van der Waals surface area contributed by atoms with Gasteiger partial charge in [-0.15, -0.1) is 11.3 Å². The van der Waals surface area contributed by atoms with Crippen molar-refractivity contribution in [3.63, 3.8) is 0 Å². The highest BCUT2D eigenvalue weighted by atomic mass is 32.1. The number of hydrogen-bond donors (Lipinski definition) is 0. The molecule has 1 aromatic heterocycles. The van der Waals surface area contributed by atoms with Gasteiger partial charge in [0.25, 0.3) is 0 Å². The fourth-order valence-electron chi connectivity index (χ4n) is 3.53. The summed E-state index contributed by atoms with van der Waals surface area (Å²) >= 11 is 1.92. The molecule has 0 radical (unpaired) electrons. The topological polar surface area (TPSA) is 12.5 Å². The summed E-state index contributed by atoms with van der Waals surface area (Å²) in [5.74, 6) is 1.04. The Kier molecular flexibility index (Phi) is 5.74. The van der Waals surface area contributed by atoms with Gasteiger partial charge in [-0.1, -0.05) is 31.0 Å². The van der Waals surface area contributed by atoms with E-state index in [-0.39, 0.29) is 0 Å². The second kappa shape index (κ2) is 7.98. The first kappa shape index (κ1) is 16.5. The molecule has 1 aromatic carbocycles. The molecule has 1 aliphatic rings. The lowest BCUT2D eigenvalue weighted by atomic mass is 10.0. The third-order valence-electron chi connectivity index (χ3n) is 4.71. The van der Waals surface area contributed by atoms with Gasteiger partial charge >= 0.3 is 0 Å². The highest BCUT2D eigenvalue weighted by Gasteiger charge is 2.25. The summed E-state index contributed by atoms with van der Waals surface area (Å²) < 4.78 is 5.84. The van der Waals surface area contributed by atoms with Crippen molar-refractivity contribution in [2.75, 3.05) is 13.2 Å². The Hall–Kier alpha value is -1.32. The van der Waals surface area contributed by atoms with E-state index in [1.165, 1.54) is 43.4 Å². The van der Waals surface area contributed by atoms with Crippen molar-refractivity contribution in [2.45, 2.75) is 52.1 Å². The number of nitrogens with zero attached hydrogens (tertiary/aromatic N) is 1. The van der Waals surface area contributed by atoms with E-state index < -0.39 is 0 Å². The van der Waals surface area contributed by atoms with E-state index in [0.717, 1.165) is 18.9 Å². The predicted octanol–water partition coefficient (Wildman–Crippen LogP) is 5.57. The summed E-state index contributed by atoms with van der Waals surface area (Å²) in [6, 6.07) is 11.3. The maximum Gasteiger partial charge on any atom is 0.123 e. The van der Waals surface area contributed by atoms with Crippen molar-refractivity contribution in [1.82, 2.24) is 4.90 Å². The highest BCUT2D eigenvalue weighted by Crippen LogP contribution is 2.36. The van der Waals surface area contributed by atoms with Gasteiger partial charge < -0.3 is 4.74 Å². The van der Waals surface area contributed by atoms with Gasteiger partial charge in [0.05, 0.1) is 6.61 Å². The zero-order valence-electron chi connectivity index (χ0n) is 14.3. The van der Waals surface area contributed by atoms with E-state index in [1.807, 2.05) is 11.3 Å². The molecule has 2 nitrogen and oxygen atoms in total. The average molecular weight is 330 g/mol. The number of likely N-dealkylation sites (tertiary alicyclic amines) is 1. The molecule has 0 aliphatic carbocycles. The van der Waals surface area contributed by atoms with E-state index in [1.54, 1.807) is 4.88 Å². The highest BCUT2D eigenvalue weighted by molar-refractivity contribution is 7.10. The van der Waals surface area contributed by atoms with E-state index >= 15 is 0 Å². The van der Waals surface area contributed by atoms with Gasteiger partial charge in [0, 0.05) is 23.0 Å². The van der Waals surface area contributed by atoms with Crippen LogP contribution in [0.15, 0.2) is 35.7 Å². The summed E-state index contributed by atoms with van der Waals surface area (Å²) in [4.78, 5) is 4.23. The molecule has 1 saturated heterocycles. The number of benzene rings is 1. The maximum atomic E-state index is 5.84. The van der Waals surface area contributed by atoms with E-state index in [0.29, 0.717) is 6.04 Å². The molecule has 23 heavy (non-hydrogen) atoms. The zero-order chi connectivity index (χ0) is 16.1. The van der Waals surface area contributed by atoms with Crippen LogP contribution in [0.5, 0.6) is 5.75 Å². The number of ether oxygens (including phenoxy) is 1. The summed E-state index contributed by atoms with van der Waals surface area (Å²) in [6.45, 7) is 7.20. The predicted molar refractivity (Wildman–Crippen MR) is 98.3 cm³/mol. The summed E-state index contributed by atoms with van der Waals surface area (Å²) in [7, 11) is 0. The number of rotatable bonds is 5. The lowest BCUT2D eigenvalue weighted by Gasteiger charge is -2.30. The Balaban J connectivity index is 1.85. The van der Waals surface area contributed by atoms with Crippen LogP contribution in [0.25, 0.3) is 0 Å². The molecular formula is C20H27NOS. The van der Waals surface area contributed by atoms with Gasteiger partial charge in [0.2, 0.25) is 0 Å². The van der Waals surface area contributed by atoms with Crippen LogP contribution >= 0.6 is 11.3 Å². The Morgan fingerprint density at radius 2 is 2.04 bits per heavy atom. The molecule has 0 N–H and O–H groups in total. The van der Waals surface area contributed by atoms with Crippen LogP contribution in [0.4, 0.5) is 0 Å². The van der Waals surface area contributed by atoms with Crippen molar-refractivity contribution < 1.29 is 4.74 Å². The van der Waals surface area contributed by atoms with Crippen LogP contribution in [0.1, 0.15) is 54.7 Å². The quantitative estimate of drug-likeness (QED) is 0.711. The van der Waals surface area contributed by atoms with Crippen LogP contribution in [-0.2, 0) is 6.54 Å². The number of thiophene rings is 1. The van der Waals surface area contributed by atoms with Gasteiger partial charge in [-0.2, -0.15) is 0 Å². The van der Waals surface area contributed by atoms with Gasteiger partial charge in [-0.05, 0) is 56.3 Å². The normalized spacial score (nSPS) is 19.5. The molecule has 3 rings (SSSR count). The fourth-order valence-corrected chi connectivity index (χ4v) is 4.63. The Labute approximate surface area is 144 Å². The second-order valence-corrected chi connectivity index (χ2v) is 7.29. The second-order valence-electron chi connectivity index (χ2n) is 6.34. The van der Waals surface area contributed by atoms with E-state index in [9.17, 15) is 0 Å². The smallest absolute Gasteiger partial charge is 0.123 e. The van der Waals surface area contributed by atoms with Crippen LogP contribution in [0, 0.1) is 6.92 Å². The Morgan fingerprint density at radius 1 is 1.17 bits per heavy atom. The largest absolute Gasteiger partial charge is 0.494 e. The van der Waals surface area contributed by atoms with Crippen LogP contribution in [0.3, 0.4) is 0 Å². The number of hydrogen-bond acceptors (Lipinski definition) is 3. The first-order valence-corrected chi connectivity index (χ1v) is 9.66. The van der Waals surface area contributed by atoms with Gasteiger partial charge in [-0.25, -0.2) is 0 Å². The minimum Gasteiger partial charge on any atom is -0.494 e. The minimum atomic E-state index is 0.562. The third kappa shape index (κ3) is 3.96. The molecule has 124 valence electrons. The Morgan fingerprint density at radius 3 is 2.83 bits per heavy atom. The first-order valence-electron chi connectivity index (χ1n) is 8.78. The summed E-state index contributed by atoms with van der Waals surface area (Å²) in [6.07, 6.45) is 5.27. The zero-order valence-corrected chi connectivity index (χ0v) is 15.1. The molecule has 1 unspecified atom stereocenters. The van der Waals surface area contributed by atoms with Crippen molar-refractivity contribution in [3.05, 3.63) is 51.7 Å². The third-order valence-corrected chi connectivity index (χ3v) is 5.83. The van der Waals surface area contributed by atoms with Crippen molar-refractivity contribution in [1.29, 1.82) is 0 Å².